The first-order valence-corrected chi connectivity index (χ1v) is 10.4. The van der Waals surface area contributed by atoms with Crippen molar-refractivity contribution in [2.24, 2.45) is 5.92 Å². The largest absolute Gasteiger partial charge is 0.480 e. The van der Waals surface area contributed by atoms with Crippen molar-refractivity contribution in [1.82, 2.24) is 10.6 Å². The molecule has 1 aliphatic carbocycles. The van der Waals surface area contributed by atoms with Gasteiger partial charge in [0.15, 0.2) is 6.04 Å². The second kappa shape index (κ2) is 10.6. The number of hydrogen-bond donors (Lipinski definition) is 4. The van der Waals surface area contributed by atoms with E-state index in [4.69, 9.17) is 4.74 Å². The molecular weight excluding hydrogens is 392 g/mol. The number of aliphatic carboxylic acids is 1. The quantitative estimate of drug-likeness (QED) is 0.433. The Balaban J connectivity index is 1.99. The van der Waals surface area contributed by atoms with Crippen LogP contribution >= 0.6 is 12.6 Å². The molecule has 2 unspecified atom stereocenters. The van der Waals surface area contributed by atoms with Crippen molar-refractivity contribution in [3.8, 4) is 0 Å². The van der Waals surface area contributed by atoms with Crippen molar-refractivity contribution in [3.05, 3.63) is 35.9 Å². The van der Waals surface area contributed by atoms with Crippen LogP contribution in [0.2, 0.25) is 0 Å². The molecule has 2 atom stereocenters. The minimum atomic E-state index is -1.20. The first kappa shape index (κ1) is 23.2. The van der Waals surface area contributed by atoms with Gasteiger partial charge in [-0.15, -0.1) is 0 Å². The van der Waals surface area contributed by atoms with E-state index in [0.29, 0.717) is 12.8 Å². The predicted molar refractivity (Wildman–Crippen MR) is 113 cm³/mol. The molecule has 1 fully saturated rings. The Labute approximate surface area is 177 Å². The summed E-state index contributed by atoms with van der Waals surface area (Å²) in [5, 5.41) is 14.4. The van der Waals surface area contributed by atoms with E-state index < -0.39 is 28.7 Å². The number of rotatable bonds is 10. The summed E-state index contributed by atoms with van der Waals surface area (Å²) in [6, 6.07) is 8.17. The zero-order valence-electron chi connectivity index (χ0n) is 16.9. The molecule has 7 nitrogen and oxygen atoms in total. The van der Waals surface area contributed by atoms with Crippen molar-refractivity contribution in [2.45, 2.75) is 63.0 Å². The Bertz CT molecular complexity index is 704. The molecule has 0 aromatic heterocycles. The molecule has 0 spiro atoms. The van der Waals surface area contributed by atoms with Crippen molar-refractivity contribution in [3.63, 3.8) is 0 Å². The number of benzene rings is 1. The Morgan fingerprint density at radius 2 is 1.79 bits per heavy atom. The summed E-state index contributed by atoms with van der Waals surface area (Å²) < 4.78 is 5.50. The lowest BCUT2D eigenvalue weighted by molar-refractivity contribution is -0.145. The van der Waals surface area contributed by atoms with Gasteiger partial charge in [-0.2, -0.15) is 12.6 Å². The van der Waals surface area contributed by atoms with Gasteiger partial charge < -0.3 is 20.5 Å². The Morgan fingerprint density at radius 3 is 2.34 bits per heavy atom. The van der Waals surface area contributed by atoms with E-state index in [1.807, 2.05) is 44.2 Å². The van der Waals surface area contributed by atoms with Gasteiger partial charge >= 0.3 is 5.97 Å². The van der Waals surface area contributed by atoms with E-state index >= 15 is 0 Å². The van der Waals surface area contributed by atoms with Crippen molar-refractivity contribution in [2.75, 3.05) is 6.61 Å². The number of carbonyl (C=O) groups excluding carboxylic acids is 2. The van der Waals surface area contributed by atoms with Gasteiger partial charge in [0.25, 0.3) is 0 Å². The maximum absolute atomic E-state index is 13.0. The van der Waals surface area contributed by atoms with Crippen molar-refractivity contribution in [1.29, 1.82) is 0 Å². The molecule has 3 N–H and O–H groups in total. The third kappa shape index (κ3) is 6.47. The highest BCUT2D eigenvalue weighted by Crippen LogP contribution is 2.30. The number of carbonyl (C=O) groups is 3. The summed E-state index contributed by atoms with van der Waals surface area (Å²) in [6.07, 6.45) is 2.52. The summed E-state index contributed by atoms with van der Waals surface area (Å²) >= 11 is 4.32. The summed E-state index contributed by atoms with van der Waals surface area (Å²) in [5.74, 6) is -1.96. The molecule has 1 saturated carbocycles. The third-order valence-corrected chi connectivity index (χ3v) is 5.98. The topological polar surface area (TPSA) is 105 Å². The van der Waals surface area contributed by atoms with Crippen LogP contribution in [0.4, 0.5) is 0 Å². The molecule has 1 aliphatic rings. The fourth-order valence-electron chi connectivity index (χ4n) is 3.34. The lowest BCUT2D eigenvalue weighted by Crippen LogP contribution is -2.61. The number of carboxylic acid groups (broad SMARTS) is 1. The summed E-state index contributed by atoms with van der Waals surface area (Å²) in [7, 11) is 0. The SMILES string of the molecule is CC(C)C(S)C(=O)NC1(C(=O)NC(COCc2ccccc2)C(=O)O)CCCC1. The highest BCUT2D eigenvalue weighted by atomic mass is 32.1. The molecule has 0 radical (unpaired) electrons. The van der Waals surface area contributed by atoms with Crippen LogP contribution in [0, 0.1) is 5.92 Å². The van der Waals surface area contributed by atoms with Crippen LogP contribution in [0.25, 0.3) is 0 Å². The Hall–Kier alpha value is -2.06. The van der Waals surface area contributed by atoms with E-state index in [1.165, 1.54) is 0 Å². The maximum atomic E-state index is 13.0. The van der Waals surface area contributed by atoms with Crippen LogP contribution < -0.4 is 10.6 Å². The molecule has 0 aliphatic heterocycles. The molecule has 160 valence electrons. The van der Waals surface area contributed by atoms with Crippen molar-refractivity contribution < 1.29 is 24.2 Å². The number of ether oxygens (including phenoxy) is 1. The molecule has 29 heavy (non-hydrogen) atoms. The minimum Gasteiger partial charge on any atom is -0.480 e. The van der Waals surface area contributed by atoms with E-state index in [2.05, 4.69) is 23.3 Å². The van der Waals surface area contributed by atoms with Crippen molar-refractivity contribution >= 4 is 30.4 Å². The number of amides is 2. The lowest BCUT2D eigenvalue weighted by atomic mass is 9.94. The fraction of sp³-hybridized carbons (Fsp3) is 0.571. The fourth-order valence-corrected chi connectivity index (χ4v) is 3.40. The van der Waals surface area contributed by atoms with Gasteiger partial charge in [0.2, 0.25) is 11.8 Å². The number of nitrogens with one attached hydrogen (secondary N) is 2. The molecule has 2 rings (SSSR count). The average Bonchev–Trinajstić information content (AvgIpc) is 3.16. The highest BCUT2D eigenvalue weighted by Gasteiger charge is 2.44. The monoisotopic (exact) mass is 422 g/mol. The average molecular weight is 423 g/mol. The highest BCUT2D eigenvalue weighted by molar-refractivity contribution is 7.81. The van der Waals surface area contributed by atoms with Gasteiger partial charge in [-0.05, 0) is 24.3 Å². The second-order valence-corrected chi connectivity index (χ2v) is 8.39. The zero-order valence-corrected chi connectivity index (χ0v) is 17.8. The summed E-state index contributed by atoms with van der Waals surface area (Å²) in [4.78, 5) is 37.1. The first-order valence-electron chi connectivity index (χ1n) is 9.91. The van der Waals surface area contributed by atoms with E-state index in [-0.39, 0.29) is 25.0 Å². The third-order valence-electron chi connectivity index (χ3n) is 5.15. The van der Waals surface area contributed by atoms with E-state index in [9.17, 15) is 19.5 Å². The smallest absolute Gasteiger partial charge is 0.328 e. The molecule has 2 amide bonds. The molecule has 0 bridgehead atoms. The van der Waals surface area contributed by atoms with Gasteiger partial charge in [0.05, 0.1) is 18.5 Å². The Kier molecular flexibility index (Phi) is 8.52. The number of carboxylic acids is 1. The van der Waals surface area contributed by atoms with Gasteiger partial charge in [0.1, 0.15) is 5.54 Å². The first-order chi connectivity index (χ1) is 13.7. The molecule has 8 heteroatoms. The normalized spacial score (nSPS) is 17.5. The molecule has 0 heterocycles. The number of hydrogen-bond acceptors (Lipinski definition) is 5. The van der Waals surface area contributed by atoms with Crippen LogP contribution in [-0.2, 0) is 25.7 Å². The molecule has 1 aromatic carbocycles. The van der Waals surface area contributed by atoms with Gasteiger partial charge in [-0.1, -0.05) is 57.0 Å². The second-order valence-electron chi connectivity index (χ2n) is 7.83. The van der Waals surface area contributed by atoms with Crippen LogP contribution in [0.15, 0.2) is 30.3 Å². The lowest BCUT2D eigenvalue weighted by Gasteiger charge is -2.32. The van der Waals surface area contributed by atoms with Crippen LogP contribution in [0.5, 0.6) is 0 Å². The van der Waals surface area contributed by atoms with Crippen LogP contribution in [0.1, 0.15) is 45.1 Å². The molecule has 0 saturated heterocycles. The van der Waals surface area contributed by atoms with E-state index in [1.54, 1.807) is 0 Å². The summed E-state index contributed by atoms with van der Waals surface area (Å²) in [5.41, 5.74) is -0.184. The Morgan fingerprint density at radius 1 is 1.17 bits per heavy atom. The van der Waals surface area contributed by atoms with Gasteiger partial charge in [-0.3, -0.25) is 9.59 Å². The predicted octanol–water partition coefficient (Wildman–Crippen LogP) is 2.16. The standard InChI is InChI=1S/C21H30N2O5S/c1-14(2)17(29)18(24)23-21(10-6-7-11-21)20(27)22-16(19(25)26)13-28-12-15-8-4-3-5-9-15/h3-5,8-9,14,16-17,29H,6-7,10-13H2,1-2H3,(H,22,27)(H,23,24)(H,25,26). The van der Waals surface area contributed by atoms with Gasteiger partial charge in [-0.25, -0.2) is 4.79 Å². The minimum absolute atomic E-state index is 0.0120. The zero-order chi connectivity index (χ0) is 21.4. The van der Waals surface area contributed by atoms with Crippen LogP contribution in [0.3, 0.4) is 0 Å². The molecule has 1 aromatic rings. The van der Waals surface area contributed by atoms with E-state index in [0.717, 1.165) is 18.4 Å². The van der Waals surface area contributed by atoms with Crippen LogP contribution in [-0.4, -0.2) is 46.3 Å². The maximum Gasteiger partial charge on any atom is 0.328 e. The molecular formula is C21H30N2O5S. The van der Waals surface area contributed by atoms with Gasteiger partial charge in [0, 0.05) is 0 Å². The number of thiol groups is 1. The summed E-state index contributed by atoms with van der Waals surface area (Å²) in [6.45, 7) is 3.84.